The van der Waals surface area contributed by atoms with Gasteiger partial charge < -0.3 is 4.90 Å². The highest BCUT2D eigenvalue weighted by Crippen LogP contribution is 2.23. The van der Waals surface area contributed by atoms with Crippen molar-refractivity contribution in [3.05, 3.63) is 65.0 Å². The molecule has 0 radical (unpaired) electrons. The molecule has 0 fully saturated rings. The van der Waals surface area contributed by atoms with Crippen LogP contribution in [0.3, 0.4) is 0 Å². The minimum Gasteiger partial charge on any atom is -0.335 e. The van der Waals surface area contributed by atoms with E-state index in [0.29, 0.717) is 11.3 Å². The van der Waals surface area contributed by atoms with Crippen LogP contribution in [0.1, 0.15) is 34.5 Å². The Balaban J connectivity index is 2.27. The molecule has 25 heavy (non-hydrogen) atoms. The lowest BCUT2D eigenvalue weighted by atomic mass is 10.1. The molecule has 134 valence electrons. The van der Waals surface area contributed by atoms with Crippen molar-refractivity contribution in [2.45, 2.75) is 19.9 Å². The zero-order valence-electron chi connectivity index (χ0n) is 14.6. The molecule has 1 N–H and O–H groups in total. The second kappa shape index (κ2) is 7.23. The summed E-state index contributed by atoms with van der Waals surface area (Å²) in [5.41, 5.74) is 2.26. The molecule has 1 atom stereocenters. The normalized spacial score (nSPS) is 12.5. The van der Waals surface area contributed by atoms with E-state index < -0.39 is 10.0 Å². The molecule has 0 unspecified atom stereocenters. The fourth-order valence-corrected chi connectivity index (χ4v) is 3.03. The molecule has 0 aromatic heterocycles. The molecule has 0 saturated carbocycles. The number of nitrogens with zero attached hydrogens (tertiary/aromatic N) is 1. The first-order valence-electron chi connectivity index (χ1n) is 7.69. The van der Waals surface area contributed by atoms with Crippen molar-refractivity contribution in [2.24, 2.45) is 0 Å². The predicted molar refractivity (Wildman–Crippen MR) is 96.6 cm³/mol. The van der Waals surface area contributed by atoms with Crippen molar-refractivity contribution in [1.29, 1.82) is 0 Å². The largest absolute Gasteiger partial charge is 0.335 e. The molecule has 0 aliphatic rings. The molecule has 7 heteroatoms. The molecule has 0 heterocycles. The van der Waals surface area contributed by atoms with Gasteiger partial charge in [-0.3, -0.25) is 9.52 Å². The van der Waals surface area contributed by atoms with Crippen LogP contribution in [-0.2, 0) is 10.0 Å². The quantitative estimate of drug-likeness (QED) is 0.885. The molecular formula is C18H21FN2O3S. The third-order valence-electron chi connectivity index (χ3n) is 4.03. The van der Waals surface area contributed by atoms with Crippen LogP contribution in [0.25, 0.3) is 0 Å². The number of carbonyl (C=O) groups is 1. The third-order valence-corrected chi connectivity index (χ3v) is 4.62. The first kappa shape index (κ1) is 18.9. The summed E-state index contributed by atoms with van der Waals surface area (Å²) in [5.74, 6) is -0.590. The fourth-order valence-electron chi connectivity index (χ4n) is 2.41. The maximum atomic E-state index is 13.1. The molecule has 0 bridgehead atoms. The van der Waals surface area contributed by atoms with Gasteiger partial charge in [-0.25, -0.2) is 12.8 Å². The standard InChI is InChI=1S/C18H21FN2O3S/c1-12-5-6-15(11-17(12)20-25(4,23)24)18(22)21(3)13(2)14-7-9-16(19)10-8-14/h5-11,13,20H,1-4H3/t13-/m1/s1. The Morgan fingerprint density at radius 3 is 2.32 bits per heavy atom. The monoisotopic (exact) mass is 364 g/mol. The molecule has 5 nitrogen and oxygen atoms in total. The molecule has 2 aromatic carbocycles. The van der Waals surface area contributed by atoms with Gasteiger partial charge in [0, 0.05) is 12.6 Å². The van der Waals surface area contributed by atoms with Crippen LogP contribution in [0.4, 0.5) is 10.1 Å². The highest BCUT2D eigenvalue weighted by atomic mass is 32.2. The summed E-state index contributed by atoms with van der Waals surface area (Å²) in [6.45, 7) is 3.60. The van der Waals surface area contributed by atoms with Crippen LogP contribution in [-0.4, -0.2) is 32.5 Å². The minimum atomic E-state index is -3.44. The lowest BCUT2D eigenvalue weighted by Crippen LogP contribution is -2.29. The zero-order chi connectivity index (χ0) is 18.8. The Bertz CT molecular complexity index is 880. The van der Waals surface area contributed by atoms with Gasteiger partial charge in [0.2, 0.25) is 10.0 Å². The van der Waals surface area contributed by atoms with Gasteiger partial charge in [-0.2, -0.15) is 0 Å². The number of halogens is 1. The molecule has 0 aliphatic carbocycles. The minimum absolute atomic E-state index is 0.256. The van der Waals surface area contributed by atoms with Gasteiger partial charge in [-0.05, 0) is 49.2 Å². The average Bonchev–Trinajstić information content (AvgIpc) is 2.54. The number of nitrogens with one attached hydrogen (secondary N) is 1. The van der Waals surface area contributed by atoms with Crippen LogP contribution in [0.2, 0.25) is 0 Å². The third kappa shape index (κ3) is 4.79. The Kier molecular flexibility index (Phi) is 5.47. The Morgan fingerprint density at radius 2 is 1.76 bits per heavy atom. The van der Waals surface area contributed by atoms with Crippen LogP contribution in [0, 0.1) is 12.7 Å². The SMILES string of the molecule is Cc1ccc(C(=O)N(C)[C@H](C)c2ccc(F)cc2)cc1NS(C)(=O)=O. The van der Waals surface area contributed by atoms with E-state index in [0.717, 1.165) is 17.4 Å². The Hall–Kier alpha value is -2.41. The van der Waals surface area contributed by atoms with Crippen molar-refractivity contribution in [1.82, 2.24) is 4.90 Å². The van der Waals surface area contributed by atoms with Gasteiger partial charge in [0.15, 0.2) is 0 Å². The summed E-state index contributed by atoms with van der Waals surface area (Å²) in [6.07, 6.45) is 1.06. The first-order chi connectivity index (χ1) is 11.6. The van der Waals surface area contributed by atoms with Crippen LogP contribution in [0.5, 0.6) is 0 Å². The maximum absolute atomic E-state index is 13.1. The van der Waals surface area contributed by atoms with Gasteiger partial charge in [0.05, 0.1) is 18.0 Å². The van der Waals surface area contributed by atoms with Crippen molar-refractivity contribution in [3.63, 3.8) is 0 Å². The van der Waals surface area contributed by atoms with E-state index in [2.05, 4.69) is 4.72 Å². The van der Waals surface area contributed by atoms with Crippen LogP contribution < -0.4 is 4.72 Å². The second-order valence-corrected chi connectivity index (χ2v) is 7.80. The number of hydrogen-bond acceptors (Lipinski definition) is 3. The van der Waals surface area contributed by atoms with E-state index in [9.17, 15) is 17.6 Å². The number of carbonyl (C=O) groups excluding carboxylic acids is 1. The first-order valence-corrected chi connectivity index (χ1v) is 9.58. The zero-order valence-corrected chi connectivity index (χ0v) is 15.4. The Morgan fingerprint density at radius 1 is 1.16 bits per heavy atom. The fraction of sp³-hybridized carbons (Fsp3) is 0.278. The average molecular weight is 364 g/mol. The second-order valence-electron chi connectivity index (χ2n) is 6.05. The molecule has 0 aliphatic heterocycles. The number of hydrogen-bond donors (Lipinski definition) is 1. The lowest BCUT2D eigenvalue weighted by Gasteiger charge is -2.26. The number of benzene rings is 2. The maximum Gasteiger partial charge on any atom is 0.254 e. The predicted octanol–water partition coefficient (Wildman–Crippen LogP) is 3.34. The van der Waals surface area contributed by atoms with E-state index in [1.54, 1.807) is 38.2 Å². The van der Waals surface area contributed by atoms with Crippen molar-refractivity contribution in [2.75, 3.05) is 18.0 Å². The summed E-state index contributed by atoms with van der Waals surface area (Å²) in [5, 5.41) is 0. The molecule has 0 spiro atoms. The van der Waals surface area contributed by atoms with Crippen molar-refractivity contribution >= 4 is 21.6 Å². The number of rotatable bonds is 5. The van der Waals surface area contributed by atoms with Crippen LogP contribution in [0.15, 0.2) is 42.5 Å². The van der Waals surface area contributed by atoms with E-state index in [-0.39, 0.29) is 17.8 Å². The van der Waals surface area contributed by atoms with Gasteiger partial charge in [0.1, 0.15) is 5.82 Å². The molecule has 2 rings (SSSR count). The summed E-state index contributed by atoms with van der Waals surface area (Å²) in [7, 11) is -1.78. The molecular weight excluding hydrogens is 343 g/mol. The molecule has 0 saturated heterocycles. The smallest absolute Gasteiger partial charge is 0.254 e. The summed E-state index contributed by atoms with van der Waals surface area (Å²) < 4.78 is 38.4. The van der Waals surface area contributed by atoms with Crippen LogP contribution >= 0.6 is 0 Å². The van der Waals surface area contributed by atoms with Gasteiger partial charge in [-0.15, -0.1) is 0 Å². The van der Waals surface area contributed by atoms with Crippen molar-refractivity contribution in [3.8, 4) is 0 Å². The number of sulfonamides is 1. The van der Waals surface area contributed by atoms with E-state index in [1.165, 1.54) is 23.1 Å². The topological polar surface area (TPSA) is 66.5 Å². The van der Waals surface area contributed by atoms with Crippen molar-refractivity contribution < 1.29 is 17.6 Å². The van der Waals surface area contributed by atoms with E-state index >= 15 is 0 Å². The molecule has 2 aromatic rings. The van der Waals surface area contributed by atoms with E-state index in [4.69, 9.17) is 0 Å². The van der Waals surface area contributed by atoms with Gasteiger partial charge in [0.25, 0.3) is 5.91 Å². The molecule has 1 amide bonds. The number of anilines is 1. The number of amides is 1. The highest BCUT2D eigenvalue weighted by molar-refractivity contribution is 7.92. The highest BCUT2D eigenvalue weighted by Gasteiger charge is 2.20. The summed E-state index contributed by atoms with van der Waals surface area (Å²) >= 11 is 0. The summed E-state index contributed by atoms with van der Waals surface area (Å²) in [6, 6.07) is 10.6. The number of aryl methyl sites for hydroxylation is 1. The summed E-state index contributed by atoms with van der Waals surface area (Å²) in [4.78, 5) is 14.3. The van der Waals surface area contributed by atoms with Gasteiger partial charge >= 0.3 is 0 Å². The van der Waals surface area contributed by atoms with Gasteiger partial charge in [-0.1, -0.05) is 18.2 Å². The lowest BCUT2D eigenvalue weighted by molar-refractivity contribution is 0.0742. The van der Waals surface area contributed by atoms with E-state index in [1.807, 2.05) is 6.92 Å². The Labute approximate surface area is 147 Å².